The maximum atomic E-state index is 14.6. The van der Waals surface area contributed by atoms with Gasteiger partial charge >= 0.3 is 6.43 Å². The summed E-state index contributed by atoms with van der Waals surface area (Å²) in [5, 5.41) is 23.3. The van der Waals surface area contributed by atoms with E-state index in [9.17, 15) is 13.2 Å². The molecule has 5 rings (SSSR count). The van der Waals surface area contributed by atoms with Crippen LogP contribution in [0, 0.1) is 5.82 Å². The minimum atomic E-state index is -2.90. The Morgan fingerprint density at radius 3 is 2.62 bits per heavy atom. The van der Waals surface area contributed by atoms with Gasteiger partial charge in [0.15, 0.2) is 0 Å². The molecule has 0 unspecified atom stereocenters. The fourth-order valence-electron chi connectivity index (χ4n) is 3.37. The summed E-state index contributed by atoms with van der Waals surface area (Å²) in [6, 6.07) is 13.6. The van der Waals surface area contributed by atoms with Crippen molar-refractivity contribution < 1.29 is 17.6 Å². The van der Waals surface area contributed by atoms with E-state index < -0.39 is 18.1 Å². The molecule has 0 bridgehead atoms. The fraction of sp³-hybridized carbons (Fsp3) is 0.182. The summed E-state index contributed by atoms with van der Waals surface area (Å²) in [6.07, 6.45) is -2.90. The molecular formula is C22H17F3N8O. The SMILES string of the molecule is CCNc1ccc2cc(-c3nnn(Cc4ccc(-c5nnc(C(F)F)o5)cc4F)n3)ccc2n1. The Bertz CT molecular complexity index is 1470. The van der Waals surface area contributed by atoms with Crippen LogP contribution in [0.4, 0.5) is 19.0 Å². The second-order valence-electron chi connectivity index (χ2n) is 7.33. The van der Waals surface area contributed by atoms with Crippen molar-refractivity contribution in [3.63, 3.8) is 0 Å². The maximum Gasteiger partial charge on any atom is 0.314 e. The largest absolute Gasteiger partial charge is 0.415 e. The molecule has 3 heterocycles. The van der Waals surface area contributed by atoms with Crippen molar-refractivity contribution in [1.29, 1.82) is 0 Å². The first-order valence-electron chi connectivity index (χ1n) is 10.3. The lowest BCUT2D eigenvalue weighted by Gasteiger charge is -2.05. The van der Waals surface area contributed by atoms with Crippen molar-refractivity contribution in [1.82, 2.24) is 35.4 Å². The summed E-state index contributed by atoms with van der Waals surface area (Å²) in [7, 11) is 0. The second kappa shape index (κ2) is 8.89. The topological polar surface area (TPSA) is 107 Å². The van der Waals surface area contributed by atoms with Gasteiger partial charge in [0.25, 0.3) is 5.89 Å². The number of hydrogen-bond acceptors (Lipinski definition) is 8. The molecule has 0 radical (unpaired) electrons. The van der Waals surface area contributed by atoms with E-state index >= 15 is 0 Å². The van der Waals surface area contributed by atoms with Gasteiger partial charge in [-0.3, -0.25) is 0 Å². The Balaban J connectivity index is 1.34. The summed E-state index contributed by atoms with van der Waals surface area (Å²) in [5.41, 5.74) is 2.05. The van der Waals surface area contributed by atoms with E-state index in [-0.39, 0.29) is 23.6 Å². The Kier molecular flexibility index (Phi) is 5.62. The summed E-state index contributed by atoms with van der Waals surface area (Å²) >= 11 is 0. The number of pyridine rings is 1. The number of halogens is 3. The molecule has 1 N–H and O–H groups in total. The van der Waals surface area contributed by atoms with Crippen LogP contribution in [-0.4, -0.2) is 41.9 Å². The highest BCUT2D eigenvalue weighted by atomic mass is 19.3. The number of nitrogens with one attached hydrogen (secondary N) is 1. The molecule has 12 heteroatoms. The highest BCUT2D eigenvalue weighted by molar-refractivity contribution is 5.84. The highest BCUT2D eigenvalue weighted by Crippen LogP contribution is 2.25. The molecule has 34 heavy (non-hydrogen) atoms. The molecular weight excluding hydrogens is 449 g/mol. The minimum absolute atomic E-state index is 0.0203. The van der Waals surface area contributed by atoms with Gasteiger partial charge in [0, 0.05) is 28.6 Å². The molecule has 0 spiro atoms. The standard InChI is InChI=1S/C22H17F3N8O/c1-2-26-18-8-6-12-9-13(5-7-17(12)27-18)20-28-32-33(31-20)11-15-4-3-14(10-16(15)23)21-29-30-22(34-21)19(24)25/h3-10,19H,2,11H2,1H3,(H,26,27). The van der Waals surface area contributed by atoms with Gasteiger partial charge in [0.2, 0.25) is 11.7 Å². The van der Waals surface area contributed by atoms with Crippen LogP contribution >= 0.6 is 0 Å². The van der Waals surface area contributed by atoms with Crippen LogP contribution in [0.25, 0.3) is 33.7 Å². The lowest BCUT2D eigenvalue weighted by molar-refractivity contribution is 0.116. The summed E-state index contributed by atoms with van der Waals surface area (Å²) in [6.45, 7) is 2.80. The van der Waals surface area contributed by atoms with Crippen LogP contribution in [-0.2, 0) is 6.54 Å². The zero-order chi connectivity index (χ0) is 23.7. The minimum Gasteiger partial charge on any atom is -0.415 e. The van der Waals surface area contributed by atoms with Crippen LogP contribution in [0.15, 0.2) is 52.9 Å². The predicted octanol–water partition coefficient (Wildman–Crippen LogP) is 4.50. The van der Waals surface area contributed by atoms with Crippen molar-refractivity contribution in [2.24, 2.45) is 0 Å². The lowest BCUT2D eigenvalue weighted by atomic mass is 10.1. The van der Waals surface area contributed by atoms with E-state index in [2.05, 4.69) is 35.9 Å². The maximum absolute atomic E-state index is 14.6. The molecule has 0 aliphatic rings. The quantitative estimate of drug-likeness (QED) is 0.374. The van der Waals surface area contributed by atoms with Gasteiger partial charge in [-0.05, 0) is 54.6 Å². The molecule has 5 aromatic rings. The molecule has 0 saturated heterocycles. The van der Waals surface area contributed by atoms with Crippen LogP contribution in [0.5, 0.6) is 0 Å². The Hall–Kier alpha value is -4.35. The third-order valence-corrected chi connectivity index (χ3v) is 5.00. The van der Waals surface area contributed by atoms with Crippen LogP contribution < -0.4 is 5.32 Å². The average molecular weight is 466 g/mol. The van der Waals surface area contributed by atoms with Gasteiger partial charge in [0.1, 0.15) is 11.6 Å². The monoisotopic (exact) mass is 466 g/mol. The fourth-order valence-corrected chi connectivity index (χ4v) is 3.37. The van der Waals surface area contributed by atoms with Gasteiger partial charge in [-0.2, -0.15) is 13.6 Å². The molecule has 0 aliphatic carbocycles. The number of benzene rings is 2. The number of hydrogen-bond donors (Lipinski definition) is 1. The molecule has 0 atom stereocenters. The molecule has 3 aromatic heterocycles. The van der Waals surface area contributed by atoms with E-state index in [0.29, 0.717) is 5.82 Å². The number of rotatable bonds is 7. The summed E-state index contributed by atoms with van der Waals surface area (Å²) < 4.78 is 44.8. The van der Waals surface area contributed by atoms with Gasteiger partial charge in [-0.15, -0.1) is 20.4 Å². The lowest BCUT2D eigenvalue weighted by Crippen LogP contribution is -2.06. The third-order valence-electron chi connectivity index (χ3n) is 5.00. The highest BCUT2D eigenvalue weighted by Gasteiger charge is 2.18. The van der Waals surface area contributed by atoms with E-state index in [1.165, 1.54) is 16.9 Å². The predicted molar refractivity (Wildman–Crippen MR) is 116 cm³/mol. The number of nitrogens with zero attached hydrogens (tertiary/aromatic N) is 7. The zero-order valence-corrected chi connectivity index (χ0v) is 17.8. The first-order chi connectivity index (χ1) is 16.5. The van der Waals surface area contributed by atoms with Crippen LogP contribution in [0.2, 0.25) is 0 Å². The van der Waals surface area contributed by atoms with Crippen molar-refractivity contribution in [2.45, 2.75) is 19.9 Å². The van der Waals surface area contributed by atoms with Crippen molar-refractivity contribution >= 4 is 16.7 Å². The third kappa shape index (κ3) is 4.29. The summed E-state index contributed by atoms with van der Waals surface area (Å²) in [5.74, 6) is -0.415. The van der Waals surface area contributed by atoms with Crippen LogP contribution in [0.3, 0.4) is 0 Å². The van der Waals surface area contributed by atoms with Gasteiger partial charge in [-0.25, -0.2) is 9.37 Å². The Labute approximate surface area is 190 Å². The molecule has 9 nitrogen and oxygen atoms in total. The zero-order valence-electron chi connectivity index (χ0n) is 17.8. The number of fused-ring (bicyclic) bond motifs is 1. The Morgan fingerprint density at radius 2 is 1.85 bits per heavy atom. The van der Waals surface area contributed by atoms with Crippen molar-refractivity contribution in [2.75, 3.05) is 11.9 Å². The average Bonchev–Trinajstić information content (AvgIpc) is 3.51. The molecule has 0 aliphatic heterocycles. The van der Waals surface area contributed by atoms with E-state index in [4.69, 9.17) is 4.42 Å². The molecule has 0 saturated carbocycles. The number of tetrazole rings is 1. The van der Waals surface area contributed by atoms with Gasteiger partial charge in [0.05, 0.1) is 12.1 Å². The first-order valence-corrected chi connectivity index (χ1v) is 10.3. The van der Waals surface area contributed by atoms with Crippen LogP contribution in [0.1, 0.15) is 24.8 Å². The number of anilines is 1. The Morgan fingerprint density at radius 1 is 1.00 bits per heavy atom. The van der Waals surface area contributed by atoms with Crippen molar-refractivity contribution in [3.05, 3.63) is 65.8 Å². The van der Waals surface area contributed by atoms with Gasteiger partial charge in [-0.1, -0.05) is 6.07 Å². The number of alkyl halides is 2. The molecule has 2 aromatic carbocycles. The van der Waals surface area contributed by atoms with Crippen molar-refractivity contribution in [3.8, 4) is 22.8 Å². The normalized spacial score (nSPS) is 11.4. The molecule has 0 fully saturated rings. The van der Waals surface area contributed by atoms with Gasteiger partial charge < -0.3 is 9.73 Å². The second-order valence-corrected chi connectivity index (χ2v) is 7.33. The number of aromatic nitrogens is 7. The smallest absolute Gasteiger partial charge is 0.314 e. The molecule has 0 amide bonds. The molecule has 172 valence electrons. The first kappa shape index (κ1) is 21.5. The van der Waals surface area contributed by atoms with E-state index in [1.54, 1.807) is 0 Å². The van der Waals surface area contributed by atoms with E-state index in [0.717, 1.165) is 34.9 Å². The van der Waals surface area contributed by atoms with E-state index in [1.807, 2.05) is 37.3 Å². The summed E-state index contributed by atoms with van der Waals surface area (Å²) in [4.78, 5) is 5.81.